The minimum absolute atomic E-state index is 0.0571. The predicted octanol–water partition coefficient (Wildman–Crippen LogP) is 6.02. The average molecular weight is 588 g/mol. The second-order valence-corrected chi connectivity index (χ2v) is 10.7. The van der Waals surface area contributed by atoms with Gasteiger partial charge in [0.25, 0.3) is 5.91 Å². The number of hydrogen-bond acceptors (Lipinski definition) is 5. The lowest BCUT2D eigenvalue weighted by atomic mass is 9.95. The van der Waals surface area contributed by atoms with Gasteiger partial charge in [-0.1, -0.05) is 63.3 Å². The minimum Gasteiger partial charge on any atom is -0.387 e. The number of amides is 2. The van der Waals surface area contributed by atoms with Crippen LogP contribution in [0.2, 0.25) is 0 Å². The Morgan fingerprint density at radius 2 is 1.77 bits per heavy atom. The Hall–Kier alpha value is -3.68. The summed E-state index contributed by atoms with van der Waals surface area (Å²) in [6.45, 7) is 18.0. The van der Waals surface area contributed by atoms with Crippen LogP contribution >= 0.6 is 0 Å². The quantitative estimate of drug-likeness (QED) is 0.234. The van der Waals surface area contributed by atoms with Gasteiger partial charge in [-0.05, 0) is 79.9 Å². The standard InChI is InChI=1S/C23H33N3O.C11H14N2O.C2H6/c1-5-7-8-20(16-24-12-6-2)18(3)14-23(27)25-22-10-9-19-11-13-26(4)17-21(19)15-22;14-11(10-4-2-1-3-5-10)13-8-6-12-7-9-13;1-2/h5-7,9-10,15-16,18,24H,2,8,11-14,17H2,1,3-4H3,(H,25,27);1-5,12H,6-9H2;1-2H3/b7-5-,20-16+;;. The van der Waals surface area contributed by atoms with Crippen LogP contribution in [0.15, 0.2) is 85.1 Å². The first-order valence-electron chi connectivity index (χ1n) is 15.7. The molecule has 0 bridgehead atoms. The Balaban J connectivity index is 0.000000336. The van der Waals surface area contributed by atoms with Crippen molar-refractivity contribution in [3.63, 3.8) is 0 Å². The van der Waals surface area contributed by atoms with Gasteiger partial charge in [0.05, 0.1) is 0 Å². The van der Waals surface area contributed by atoms with Crippen molar-refractivity contribution in [3.05, 3.63) is 102 Å². The first-order chi connectivity index (χ1) is 20.9. The third-order valence-corrected chi connectivity index (χ3v) is 7.38. The van der Waals surface area contributed by atoms with Crippen LogP contribution in [0.4, 0.5) is 5.69 Å². The number of piperazine rings is 1. The summed E-state index contributed by atoms with van der Waals surface area (Å²) >= 11 is 0. The van der Waals surface area contributed by atoms with Crippen molar-refractivity contribution in [2.24, 2.45) is 5.92 Å². The second-order valence-electron chi connectivity index (χ2n) is 10.7. The fourth-order valence-electron chi connectivity index (χ4n) is 4.96. The summed E-state index contributed by atoms with van der Waals surface area (Å²) in [5.41, 5.74) is 5.61. The first-order valence-corrected chi connectivity index (χ1v) is 15.7. The lowest BCUT2D eigenvalue weighted by Gasteiger charge is -2.27. The largest absolute Gasteiger partial charge is 0.387 e. The van der Waals surface area contributed by atoms with Gasteiger partial charge in [-0.15, -0.1) is 6.58 Å². The normalized spacial score (nSPS) is 15.7. The highest BCUT2D eigenvalue weighted by molar-refractivity contribution is 5.94. The summed E-state index contributed by atoms with van der Waals surface area (Å²) in [5.74, 6) is 0.371. The van der Waals surface area contributed by atoms with Crippen LogP contribution in [0, 0.1) is 5.92 Å². The lowest BCUT2D eigenvalue weighted by Crippen LogP contribution is -2.46. The van der Waals surface area contributed by atoms with E-state index in [0.717, 1.165) is 69.9 Å². The molecule has 2 amide bonds. The average Bonchev–Trinajstić information content (AvgIpc) is 3.04. The number of nitrogens with zero attached hydrogens (tertiary/aromatic N) is 2. The highest BCUT2D eigenvalue weighted by Crippen LogP contribution is 2.23. The summed E-state index contributed by atoms with van der Waals surface area (Å²) in [4.78, 5) is 28.7. The maximum Gasteiger partial charge on any atom is 0.253 e. The van der Waals surface area contributed by atoms with Gasteiger partial charge in [0.15, 0.2) is 0 Å². The molecular formula is C36H53N5O2. The Morgan fingerprint density at radius 3 is 2.44 bits per heavy atom. The monoisotopic (exact) mass is 587 g/mol. The zero-order valence-corrected chi connectivity index (χ0v) is 27.0. The Morgan fingerprint density at radius 1 is 1.05 bits per heavy atom. The van der Waals surface area contributed by atoms with Crippen molar-refractivity contribution in [2.75, 3.05) is 51.6 Å². The van der Waals surface area contributed by atoms with Crippen LogP contribution < -0.4 is 16.0 Å². The summed E-state index contributed by atoms with van der Waals surface area (Å²) in [5, 5.41) is 9.54. The zero-order valence-electron chi connectivity index (χ0n) is 27.0. The minimum atomic E-state index is 0.0571. The molecule has 0 aromatic heterocycles. The van der Waals surface area contributed by atoms with Gasteiger partial charge in [-0.25, -0.2) is 0 Å². The molecule has 234 valence electrons. The van der Waals surface area contributed by atoms with Crippen molar-refractivity contribution < 1.29 is 9.59 Å². The van der Waals surface area contributed by atoms with Gasteiger partial charge in [-0.3, -0.25) is 9.59 Å². The van der Waals surface area contributed by atoms with E-state index >= 15 is 0 Å². The summed E-state index contributed by atoms with van der Waals surface area (Å²) < 4.78 is 0. The molecule has 2 aromatic rings. The molecule has 43 heavy (non-hydrogen) atoms. The number of nitrogens with one attached hydrogen (secondary N) is 3. The molecule has 2 aliphatic heterocycles. The van der Waals surface area contributed by atoms with E-state index in [1.165, 1.54) is 16.7 Å². The first kappa shape index (κ1) is 35.5. The molecule has 0 spiro atoms. The maximum atomic E-state index is 12.6. The van der Waals surface area contributed by atoms with Crippen LogP contribution in [0.25, 0.3) is 0 Å². The number of hydrogen-bond donors (Lipinski definition) is 3. The lowest BCUT2D eigenvalue weighted by molar-refractivity contribution is -0.116. The number of benzene rings is 2. The van der Waals surface area contributed by atoms with Gasteiger partial charge < -0.3 is 25.8 Å². The number of likely N-dealkylation sites (N-methyl/N-ethyl adjacent to an activating group) is 1. The number of anilines is 1. The third kappa shape index (κ3) is 12.6. The number of carbonyl (C=O) groups excluding carboxylic acids is 2. The number of fused-ring (bicyclic) bond motifs is 1. The van der Waals surface area contributed by atoms with Crippen molar-refractivity contribution in [1.82, 2.24) is 20.4 Å². The van der Waals surface area contributed by atoms with E-state index in [1.807, 2.05) is 80.4 Å². The molecule has 2 aromatic carbocycles. The number of allylic oxidation sites excluding steroid dienone is 3. The van der Waals surface area contributed by atoms with Gasteiger partial charge >= 0.3 is 0 Å². The SMILES string of the molecule is C=CCN/C=C(\C/C=C\C)C(C)CC(=O)Nc1ccc2c(c1)CN(C)CC2.CC.O=C(c1ccccc1)N1CCNCC1. The topological polar surface area (TPSA) is 76.7 Å². The molecule has 0 radical (unpaired) electrons. The smallest absolute Gasteiger partial charge is 0.253 e. The van der Waals surface area contributed by atoms with E-state index in [1.54, 1.807) is 0 Å². The molecule has 1 fully saturated rings. The van der Waals surface area contributed by atoms with E-state index in [-0.39, 0.29) is 17.7 Å². The maximum absolute atomic E-state index is 12.6. The predicted molar refractivity (Wildman–Crippen MR) is 181 cm³/mol. The van der Waals surface area contributed by atoms with Crippen LogP contribution in [0.5, 0.6) is 0 Å². The Labute approximate surface area is 260 Å². The van der Waals surface area contributed by atoms with Gasteiger partial charge in [0.1, 0.15) is 0 Å². The second kappa shape index (κ2) is 20.3. The van der Waals surface area contributed by atoms with Crippen LogP contribution in [0.1, 0.15) is 62.0 Å². The molecule has 7 nitrogen and oxygen atoms in total. The highest BCUT2D eigenvalue weighted by atomic mass is 16.2. The zero-order chi connectivity index (χ0) is 31.5. The van der Waals surface area contributed by atoms with Crippen LogP contribution in [0.3, 0.4) is 0 Å². The van der Waals surface area contributed by atoms with Crippen molar-refractivity contribution in [2.45, 2.75) is 53.5 Å². The third-order valence-electron chi connectivity index (χ3n) is 7.38. The molecule has 7 heteroatoms. The fourth-order valence-corrected chi connectivity index (χ4v) is 4.96. The van der Waals surface area contributed by atoms with Crippen molar-refractivity contribution in [1.29, 1.82) is 0 Å². The fraction of sp³-hybridized carbons (Fsp3) is 0.444. The Bertz CT molecular complexity index is 1190. The van der Waals surface area contributed by atoms with E-state index in [2.05, 4.69) is 59.6 Å². The van der Waals surface area contributed by atoms with Crippen LogP contribution in [-0.2, 0) is 17.8 Å². The van der Waals surface area contributed by atoms with Gasteiger partial charge in [-0.2, -0.15) is 0 Å². The molecule has 0 saturated carbocycles. The molecule has 2 aliphatic rings. The van der Waals surface area contributed by atoms with Crippen molar-refractivity contribution >= 4 is 17.5 Å². The molecule has 1 atom stereocenters. The van der Waals surface area contributed by atoms with Crippen molar-refractivity contribution in [3.8, 4) is 0 Å². The summed E-state index contributed by atoms with van der Waals surface area (Å²) in [6.07, 6.45) is 10.4. The van der Waals surface area contributed by atoms with E-state index in [0.29, 0.717) is 6.42 Å². The number of rotatable bonds is 10. The molecule has 4 rings (SSSR count). The summed E-state index contributed by atoms with van der Waals surface area (Å²) in [7, 11) is 2.13. The molecule has 1 saturated heterocycles. The van der Waals surface area contributed by atoms with Gasteiger partial charge in [0.2, 0.25) is 5.91 Å². The Kier molecular flexibility index (Phi) is 16.7. The van der Waals surface area contributed by atoms with Gasteiger partial charge in [0, 0.05) is 63.5 Å². The molecule has 0 aliphatic carbocycles. The van der Waals surface area contributed by atoms with Crippen LogP contribution in [-0.4, -0.2) is 67.9 Å². The highest BCUT2D eigenvalue weighted by Gasteiger charge is 2.18. The molecule has 3 N–H and O–H groups in total. The molecular weight excluding hydrogens is 534 g/mol. The number of carbonyl (C=O) groups is 2. The van der Waals surface area contributed by atoms with E-state index < -0.39 is 0 Å². The molecule has 2 heterocycles. The summed E-state index contributed by atoms with van der Waals surface area (Å²) in [6, 6.07) is 15.7. The van der Waals surface area contributed by atoms with E-state index in [4.69, 9.17) is 0 Å². The molecule has 1 unspecified atom stereocenters. The van der Waals surface area contributed by atoms with E-state index in [9.17, 15) is 9.59 Å².